The van der Waals surface area contributed by atoms with E-state index in [1.165, 1.54) is 32.4 Å². The number of allylic oxidation sites excluding steroid dienone is 2. The smallest absolute Gasteiger partial charge is 0.338 e. The van der Waals surface area contributed by atoms with Crippen molar-refractivity contribution in [3.05, 3.63) is 36.5 Å². The number of esters is 2. The normalized spacial score (nSPS) is 11.1. The van der Waals surface area contributed by atoms with Gasteiger partial charge in [0.1, 0.15) is 0 Å². The lowest BCUT2D eigenvalue weighted by atomic mass is 10.2. The Bertz CT molecular complexity index is 286. The predicted molar refractivity (Wildman–Crippen MR) is 51.5 cm³/mol. The molecule has 0 saturated heterocycles. The van der Waals surface area contributed by atoms with Gasteiger partial charge in [0.15, 0.2) is 0 Å². The summed E-state index contributed by atoms with van der Waals surface area (Å²) in [7, 11) is 2.46. The highest BCUT2D eigenvalue weighted by atomic mass is 16.5. The molecule has 0 fully saturated rings. The van der Waals surface area contributed by atoms with Crippen LogP contribution in [0.3, 0.4) is 0 Å². The molecule has 0 heterocycles. The zero-order valence-corrected chi connectivity index (χ0v) is 8.15. The van der Waals surface area contributed by atoms with Crippen LogP contribution >= 0.6 is 0 Å². The van der Waals surface area contributed by atoms with E-state index in [-0.39, 0.29) is 5.57 Å². The molecular weight excluding hydrogens is 184 g/mol. The minimum atomic E-state index is -0.612. The summed E-state index contributed by atoms with van der Waals surface area (Å²) in [5.41, 5.74) is 0.110. The third kappa shape index (κ3) is 4.25. The summed E-state index contributed by atoms with van der Waals surface area (Å²) in [6.45, 7) is 3.43. The number of rotatable bonds is 4. The molecule has 76 valence electrons. The van der Waals surface area contributed by atoms with Gasteiger partial charge in [-0.15, -0.1) is 0 Å². The molecule has 0 spiro atoms. The first kappa shape index (κ1) is 12.2. The lowest BCUT2D eigenvalue weighted by molar-refractivity contribution is -0.138. The van der Waals surface area contributed by atoms with Crippen molar-refractivity contribution in [1.29, 1.82) is 0 Å². The topological polar surface area (TPSA) is 52.6 Å². The summed E-state index contributed by atoms with van der Waals surface area (Å²) >= 11 is 0. The Hall–Kier alpha value is -1.84. The summed E-state index contributed by atoms with van der Waals surface area (Å²) in [5, 5.41) is 0. The van der Waals surface area contributed by atoms with E-state index in [1.807, 2.05) is 0 Å². The molecule has 0 bridgehead atoms. The van der Waals surface area contributed by atoms with Crippen molar-refractivity contribution in [2.75, 3.05) is 14.2 Å². The second-order valence-electron chi connectivity index (χ2n) is 2.21. The van der Waals surface area contributed by atoms with E-state index in [0.29, 0.717) is 0 Å². The van der Waals surface area contributed by atoms with Crippen LogP contribution < -0.4 is 0 Å². The maximum absolute atomic E-state index is 11.1. The van der Waals surface area contributed by atoms with Gasteiger partial charge in [0.05, 0.1) is 19.8 Å². The van der Waals surface area contributed by atoms with E-state index in [0.717, 1.165) is 6.08 Å². The third-order valence-electron chi connectivity index (χ3n) is 1.31. The quantitative estimate of drug-likeness (QED) is 0.382. The average Bonchev–Trinajstić information content (AvgIpc) is 2.22. The van der Waals surface area contributed by atoms with Gasteiger partial charge in [-0.25, -0.2) is 9.59 Å². The summed E-state index contributed by atoms with van der Waals surface area (Å²) in [6, 6.07) is 0. The number of ether oxygens (including phenoxy) is 2. The van der Waals surface area contributed by atoms with Crippen LogP contribution in [0.4, 0.5) is 0 Å². The van der Waals surface area contributed by atoms with Gasteiger partial charge in [0.2, 0.25) is 0 Å². The van der Waals surface area contributed by atoms with E-state index in [1.54, 1.807) is 0 Å². The number of carbonyl (C=O) groups excluding carboxylic acids is 2. The van der Waals surface area contributed by atoms with Crippen molar-refractivity contribution in [3.8, 4) is 0 Å². The molecule has 4 nitrogen and oxygen atoms in total. The third-order valence-corrected chi connectivity index (χ3v) is 1.31. The van der Waals surface area contributed by atoms with E-state index in [4.69, 9.17) is 0 Å². The van der Waals surface area contributed by atoms with Crippen LogP contribution in [0.25, 0.3) is 0 Å². The highest BCUT2D eigenvalue weighted by Crippen LogP contribution is 2.00. The zero-order chi connectivity index (χ0) is 11.0. The van der Waals surface area contributed by atoms with Crippen LogP contribution in [0.5, 0.6) is 0 Å². The van der Waals surface area contributed by atoms with Crippen LogP contribution in [-0.2, 0) is 19.1 Å². The highest BCUT2D eigenvalue weighted by molar-refractivity contribution is 5.98. The summed E-state index contributed by atoms with van der Waals surface area (Å²) in [6.07, 6.45) is 5.46. The standard InChI is InChI=1S/C10H12O4/c1-4-5-6-8(10(12)14-3)7-9(11)13-2/h4-7H,1H2,2-3H3. The number of carbonyl (C=O) groups is 2. The van der Waals surface area contributed by atoms with Crippen molar-refractivity contribution in [2.24, 2.45) is 0 Å². The molecule has 0 aliphatic heterocycles. The molecule has 0 rings (SSSR count). The first-order chi connectivity index (χ1) is 6.65. The van der Waals surface area contributed by atoms with Crippen molar-refractivity contribution < 1.29 is 19.1 Å². The first-order valence-corrected chi connectivity index (χ1v) is 3.82. The molecule has 0 unspecified atom stereocenters. The van der Waals surface area contributed by atoms with Gasteiger partial charge in [-0.05, 0) is 6.08 Å². The number of hydrogen-bond donors (Lipinski definition) is 0. The second kappa shape index (κ2) is 6.65. The molecule has 0 atom stereocenters. The van der Waals surface area contributed by atoms with E-state index < -0.39 is 11.9 Å². The Morgan fingerprint density at radius 3 is 2.29 bits per heavy atom. The van der Waals surface area contributed by atoms with Gasteiger partial charge in [-0.1, -0.05) is 18.7 Å². The molecule has 0 radical (unpaired) electrons. The van der Waals surface area contributed by atoms with Crippen LogP contribution in [0, 0.1) is 0 Å². The van der Waals surface area contributed by atoms with Crippen LogP contribution in [0.1, 0.15) is 0 Å². The molecule has 0 aromatic carbocycles. The summed E-state index contributed by atoms with van der Waals surface area (Å²) in [4.78, 5) is 21.9. The molecule has 0 aromatic rings. The largest absolute Gasteiger partial charge is 0.466 e. The molecule has 4 heteroatoms. The van der Waals surface area contributed by atoms with Crippen LogP contribution in [0.2, 0.25) is 0 Å². The molecule has 0 amide bonds. The van der Waals surface area contributed by atoms with Crippen LogP contribution in [0.15, 0.2) is 36.5 Å². The Kier molecular flexibility index (Phi) is 5.78. The maximum Gasteiger partial charge on any atom is 0.338 e. The number of methoxy groups -OCH3 is 2. The summed E-state index contributed by atoms with van der Waals surface area (Å²) < 4.78 is 8.83. The molecular formula is C10H12O4. The fourth-order valence-electron chi connectivity index (χ4n) is 0.651. The maximum atomic E-state index is 11.1. The average molecular weight is 196 g/mol. The minimum absolute atomic E-state index is 0.110. The number of hydrogen-bond acceptors (Lipinski definition) is 4. The molecule has 0 N–H and O–H groups in total. The monoisotopic (exact) mass is 196 g/mol. The van der Waals surface area contributed by atoms with Crippen molar-refractivity contribution in [1.82, 2.24) is 0 Å². The Labute approximate surface area is 82.5 Å². The van der Waals surface area contributed by atoms with Gasteiger partial charge in [0, 0.05) is 6.08 Å². The van der Waals surface area contributed by atoms with Gasteiger partial charge < -0.3 is 9.47 Å². The van der Waals surface area contributed by atoms with Gasteiger partial charge in [-0.3, -0.25) is 0 Å². The molecule has 0 saturated carbocycles. The molecule has 0 aliphatic carbocycles. The Morgan fingerprint density at radius 1 is 1.21 bits per heavy atom. The summed E-state index contributed by atoms with van der Waals surface area (Å²) in [5.74, 6) is -1.22. The first-order valence-electron chi connectivity index (χ1n) is 3.82. The highest BCUT2D eigenvalue weighted by Gasteiger charge is 2.08. The van der Waals surface area contributed by atoms with Crippen molar-refractivity contribution in [3.63, 3.8) is 0 Å². The van der Waals surface area contributed by atoms with Gasteiger partial charge >= 0.3 is 11.9 Å². The van der Waals surface area contributed by atoms with Gasteiger partial charge in [-0.2, -0.15) is 0 Å². The fraction of sp³-hybridized carbons (Fsp3) is 0.200. The lowest BCUT2D eigenvalue weighted by Gasteiger charge is -1.98. The minimum Gasteiger partial charge on any atom is -0.466 e. The van der Waals surface area contributed by atoms with Crippen molar-refractivity contribution >= 4 is 11.9 Å². The van der Waals surface area contributed by atoms with E-state index in [9.17, 15) is 9.59 Å². The molecule has 0 aliphatic rings. The van der Waals surface area contributed by atoms with Gasteiger partial charge in [0.25, 0.3) is 0 Å². The fourth-order valence-corrected chi connectivity index (χ4v) is 0.651. The van der Waals surface area contributed by atoms with Crippen LogP contribution in [-0.4, -0.2) is 26.2 Å². The molecule has 14 heavy (non-hydrogen) atoms. The zero-order valence-electron chi connectivity index (χ0n) is 8.15. The van der Waals surface area contributed by atoms with E-state index >= 15 is 0 Å². The predicted octanol–water partition coefficient (Wildman–Crippen LogP) is 1.00. The Balaban J connectivity index is 4.79. The molecule has 0 aromatic heterocycles. The van der Waals surface area contributed by atoms with Crippen molar-refractivity contribution in [2.45, 2.75) is 0 Å². The Morgan fingerprint density at radius 2 is 1.86 bits per heavy atom. The second-order valence-corrected chi connectivity index (χ2v) is 2.21. The lowest BCUT2D eigenvalue weighted by Crippen LogP contribution is -2.06. The van der Waals surface area contributed by atoms with E-state index in [2.05, 4.69) is 16.1 Å². The SMILES string of the molecule is C=CC=CC(=CC(=O)OC)C(=O)OC.